The summed E-state index contributed by atoms with van der Waals surface area (Å²) in [5.74, 6) is 0.309. The van der Waals surface area contributed by atoms with Gasteiger partial charge in [0.25, 0.3) is 0 Å². The molecule has 1 saturated carbocycles. The molecule has 84 valence electrons. The van der Waals surface area contributed by atoms with Gasteiger partial charge >= 0.3 is 0 Å². The minimum Gasteiger partial charge on any atom is -0.381 e. The Bertz CT molecular complexity index is 430. The Morgan fingerprint density at radius 3 is 2.94 bits per heavy atom. The lowest BCUT2D eigenvalue weighted by Gasteiger charge is -2.32. The SMILES string of the molecule is NC(=O)C1CCCC2c3ccccc3NC12. The Morgan fingerprint density at radius 2 is 2.12 bits per heavy atom. The fourth-order valence-electron chi connectivity index (χ4n) is 3.20. The summed E-state index contributed by atoms with van der Waals surface area (Å²) in [5.41, 5.74) is 8.02. The van der Waals surface area contributed by atoms with Gasteiger partial charge in [-0.3, -0.25) is 4.79 Å². The fraction of sp³-hybridized carbons (Fsp3) is 0.462. The number of fused-ring (bicyclic) bond motifs is 3. The first-order valence-electron chi connectivity index (χ1n) is 5.92. The van der Waals surface area contributed by atoms with Crippen LogP contribution in [0.1, 0.15) is 30.7 Å². The molecule has 0 saturated heterocycles. The topological polar surface area (TPSA) is 55.1 Å². The predicted octanol–water partition coefficient (Wildman–Crippen LogP) is 1.85. The van der Waals surface area contributed by atoms with Crippen LogP contribution in [0.25, 0.3) is 0 Å². The Hall–Kier alpha value is -1.51. The summed E-state index contributed by atoms with van der Waals surface area (Å²) >= 11 is 0. The highest BCUT2D eigenvalue weighted by molar-refractivity contribution is 5.79. The number of amides is 1. The maximum atomic E-state index is 11.4. The molecule has 3 heteroatoms. The quantitative estimate of drug-likeness (QED) is 0.752. The summed E-state index contributed by atoms with van der Waals surface area (Å²) in [6.45, 7) is 0. The van der Waals surface area contributed by atoms with Crippen molar-refractivity contribution in [2.24, 2.45) is 11.7 Å². The minimum absolute atomic E-state index is 0.00819. The Labute approximate surface area is 95.0 Å². The molecule has 3 rings (SSSR count). The van der Waals surface area contributed by atoms with E-state index in [0.29, 0.717) is 5.92 Å². The van der Waals surface area contributed by atoms with Crippen molar-refractivity contribution in [3.63, 3.8) is 0 Å². The highest BCUT2D eigenvalue weighted by Gasteiger charge is 2.41. The standard InChI is InChI=1S/C13H16N2O/c14-13(16)10-6-3-5-9-8-4-1-2-7-11(8)15-12(9)10/h1-2,4,7,9-10,12,15H,3,5-6H2,(H2,14,16). The third kappa shape index (κ3) is 1.31. The highest BCUT2D eigenvalue weighted by Crippen LogP contribution is 2.45. The third-order valence-corrected chi connectivity index (χ3v) is 3.95. The van der Waals surface area contributed by atoms with Crippen molar-refractivity contribution in [2.75, 3.05) is 5.32 Å². The van der Waals surface area contributed by atoms with E-state index in [0.717, 1.165) is 12.8 Å². The second kappa shape index (κ2) is 3.51. The number of carbonyl (C=O) groups is 1. The smallest absolute Gasteiger partial charge is 0.222 e. The largest absolute Gasteiger partial charge is 0.381 e. The number of rotatable bonds is 1. The van der Waals surface area contributed by atoms with Crippen LogP contribution in [0.5, 0.6) is 0 Å². The summed E-state index contributed by atoms with van der Waals surface area (Å²) in [6, 6.07) is 8.57. The van der Waals surface area contributed by atoms with Gasteiger partial charge in [-0.15, -0.1) is 0 Å². The number of primary amides is 1. The van der Waals surface area contributed by atoms with Crippen molar-refractivity contribution in [1.82, 2.24) is 0 Å². The van der Waals surface area contributed by atoms with Crippen molar-refractivity contribution < 1.29 is 4.79 Å². The molecule has 16 heavy (non-hydrogen) atoms. The second-order valence-electron chi connectivity index (χ2n) is 4.80. The lowest BCUT2D eigenvalue weighted by Crippen LogP contribution is -2.41. The van der Waals surface area contributed by atoms with E-state index in [9.17, 15) is 4.79 Å². The van der Waals surface area contributed by atoms with Crippen LogP contribution in [0.15, 0.2) is 24.3 Å². The van der Waals surface area contributed by atoms with Crippen LogP contribution in [-0.4, -0.2) is 11.9 Å². The number of nitrogens with two attached hydrogens (primary N) is 1. The van der Waals surface area contributed by atoms with E-state index < -0.39 is 0 Å². The van der Waals surface area contributed by atoms with Crippen LogP contribution in [0.4, 0.5) is 5.69 Å². The first kappa shape index (κ1) is 9.70. The second-order valence-corrected chi connectivity index (χ2v) is 4.80. The summed E-state index contributed by atoms with van der Waals surface area (Å²) in [5, 5.41) is 3.47. The highest BCUT2D eigenvalue weighted by atomic mass is 16.1. The maximum absolute atomic E-state index is 11.4. The molecular weight excluding hydrogens is 200 g/mol. The zero-order valence-corrected chi connectivity index (χ0v) is 9.15. The molecule has 1 aliphatic carbocycles. The van der Waals surface area contributed by atoms with Crippen LogP contribution in [-0.2, 0) is 4.79 Å². The van der Waals surface area contributed by atoms with Crippen molar-refractivity contribution in [2.45, 2.75) is 31.2 Å². The molecule has 1 aliphatic heterocycles. The Morgan fingerprint density at radius 1 is 1.31 bits per heavy atom. The van der Waals surface area contributed by atoms with Crippen molar-refractivity contribution in [1.29, 1.82) is 0 Å². The monoisotopic (exact) mass is 216 g/mol. The maximum Gasteiger partial charge on any atom is 0.222 e. The molecule has 0 bridgehead atoms. The molecule has 1 aromatic rings. The van der Waals surface area contributed by atoms with Crippen molar-refractivity contribution in [3.8, 4) is 0 Å². The molecular formula is C13H16N2O. The van der Waals surface area contributed by atoms with Gasteiger partial charge in [-0.25, -0.2) is 0 Å². The Balaban J connectivity index is 1.96. The molecule has 0 radical (unpaired) electrons. The van der Waals surface area contributed by atoms with E-state index >= 15 is 0 Å². The van der Waals surface area contributed by atoms with E-state index in [4.69, 9.17) is 5.73 Å². The van der Waals surface area contributed by atoms with Gasteiger partial charge in [0.2, 0.25) is 5.91 Å². The first-order valence-corrected chi connectivity index (χ1v) is 5.92. The third-order valence-electron chi connectivity index (χ3n) is 3.95. The van der Waals surface area contributed by atoms with Crippen LogP contribution < -0.4 is 11.1 Å². The molecule has 2 aliphatic rings. The predicted molar refractivity (Wildman–Crippen MR) is 63.1 cm³/mol. The summed E-state index contributed by atoms with van der Waals surface area (Å²) < 4.78 is 0. The molecule has 0 spiro atoms. The number of anilines is 1. The van der Waals surface area contributed by atoms with Crippen molar-refractivity contribution in [3.05, 3.63) is 29.8 Å². The van der Waals surface area contributed by atoms with Gasteiger partial charge in [0.15, 0.2) is 0 Å². The molecule has 3 atom stereocenters. The zero-order chi connectivity index (χ0) is 11.1. The van der Waals surface area contributed by atoms with E-state index in [1.807, 2.05) is 6.07 Å². The van der Waals surface area contributed by atoms with E-state index in [1.54, 1.807) is 0 Å². The number of nitrogens with one attached hydrogen (secondary N) is 1. The minimum atomic E-state index is -0.157. The molecule has 1 fully saturated rings. The molecule has 3 unspecified atom stereocenters. The molecule has 1 amide bonds. The number of para-hydroxylation sites is 1. The molecule has 3 nitrogen and oxygen atoms in total. The number of hydrogen-bond donors (Lipinski definition) is 2. The van der Waals surface area contributed by atoms with Gasteiger partial charge in [-0.1, -0.05) is 24.6 Å². The van der Waals surface area contributed by atoms with Crippen LogP contribution in [0, 0.1) is 5.92 Å². The molecule has 1 heterocycles. The van der Waals surface area contributed by atoms with Gasteiger partial charge in [-0.2, -0.15) is 0 Å². The Kier molecular flexibility index (Phi) is 2.13. The number of benzene rings is 1. The molecule has 1 aromatic carbocycles. The lowest BCUT2D eigenvalue weighted by molar-refractivity contribution is -0.123. The normalized spacial score (nSPS) is 31.4. The average Bonchev–Trinajstić information content (AvgIpc) is 2.67. The molecule has 3 N–H and O–H groups in total. The van der Waals surface area contributed by atoms with Crippen LogP contribution >= 0.6 is 0 Å². The van der Waals surface area contributed by atoms with Crippen molar-refractivity contribution >= 4 is 11.6 Å². The van der Waals surface area contributed by atoms with Gasteiger partial charge in [0.1, 0.15) is 0 Å². The first-order chi connectivity index (χ1) is 7.77. The average molecular weight is 216 g/mol. The summed E-state index contributed by atoms with van der Waals surface area (Å²) in [7, 11) is 0. The van der Waals surface area contributed by atoms with Crippen LogP contribution in [0.3, 0.4) is 0 Å². The van der Waals surface area contributed by atoms with Gasteiger partial charge in [0.05, 0.1) is 5.92 Å². The van der Waals surface area contributed by atoms with E-state index in [2.05, 4.69) is 23.5 Å². The zero-order valence-electron chi connectivity index (χ0n) is 9.15. The molecule has 0 aromatic heterocycles. The van der Waals surface area contributed by atoms with Crippen LogP contribution in [0.2, 0.25) is 0 Å². The fourth-order valence-corrected chi connectivity index (χ4v) is 3.20. The summed E-state index contributed by atoms with van der Waals surface area (Å²) in [6.07, 6.45) is 3.20. The lowest BCUT2D eigenvalue weighted by atomic mass is 9.76. The summed E-state index contributed by atoms with van der Waals surface area (Å²) in [4.78, 5) is 11.4. The van der Waals surface area contributed by atoms with E-state index in [1.165, 1.54) is 17.7 Å². The van der Waals surface area contributed by atoms with Gasteiger partial charge in [0, 0.05) is 17.6 Å². The number of carbonyl (C=O) groups excluding carboxylic acids is 1. The van der Waals surface area contributed by atoms with Gasteiger partial charge in [-0.05, 0) is 24.5 Å². The number of hydrogen-bond acceptors (Lipinski definition) is 2. The van der Waals surface area contributed by atoms with Gasteiger partial charge < -0.3 is 11.1 Å². The van der Waals surface area contributed by atoms with E-state index in [-0.39, 0.29) is 17.9 Å².